The van der Waals surface area contributed by atoms with E-state index >= 15 is 0 Å². The van der Waals surface area contributed by atoms with Crippen LogP contribution in [0.15, 0.2) is 48.6 Å². The summed E-state index contributed by atoms with van der Waals surface area (Å²) in [5.41, 5.74) is 4.30. The third kappa shape index (κ3) is 13.4. The summed E-state index contributed by atoms with van der Waals surface area (Å²) in [6.07, 6.45) is 10.1. The molecule has 0 aromatic carbocycles. The lowest BCUT2D eigenvalue weighted by Gasteiger charge is -2.47. The second-order valence-corrected chi connectivity index (χ2v) is 33.7. The van der Waals surface area contributed by atoms with Crippen molar-refractivity contribution in [2.24, 2.45) is 11.8 Å². The Kier molecular flexibility index (Phi) is 19.1. The van der Waals surface area contributed by atoms with Gasteiger partial charge in [-0.3, -0.25) is 9.59 Å². The number of fused-ring (bicyclic) bond motifs is 12. The summed E-state index contributed by atoms with van der Waals surface area (Å²) in [6.45, 7) is 18.4. The summed E-state index contributed by atoms with van der Waals surface area (Å²) in [7, 11) is 1.67. The first-order valence-corrected chi connectivity index (χ1v) is 38.9. The molecular formula is C77H109NO21. The lowest BCUT2D eigenvalue weighted by molar-refractivity contribution is -0.292. The molecule has 548 valence electrons. The fourth-order valence-corrected chi connectivity index (χ4v) is 22.1. The van der Waals surface area contributed by atoms with Crippen LogP contribution in [0.4, 0.5) is 0 Å². The van der Waals surface area contributed by atoms with E-state index in [1.54, 1.807) is 7.11 Å². The lowest BCUT2D eigenvalue weighted by atomic mass is 9.83. The van der Waals surface area contributed by atoms with Crippen LogP contribution in [0.5, 0.6) is 0 Å². The Balaban J connectivity index is 0.521. The summed E-state index contributed by atoms with van der Waals surface area (Å²) >= 11 is 0. The van der Waals surface area contributed by atoms with E-state index in [-0.39, 0.29) is 215 Å². The van der Waals surface area contributed by atoms with Crippen LogP contribution < -0.4 is 5.32 Å². The number of aliphatic hydroxyl groups excluding tert-OH is 2. The molecule has 20 heterocycles. The standard InChI is InChI=1S/C77H109NO21/c1-37-6-8-46-10-14-54-39(3)22-50(86-54)18-20-76-33-63-68(96-76)70-72(94-63)74(98-76)66-56(92-70)16-12-48(89-66)26-42(79)24-41-25-52(88-60(41)31-58(37)84-46)28-44(81)35-78-36-45(82)30-62-65(83-5)53-29-43(80)27-49-13-17-57-67(90-49)75-73-71(93-57)69-64(95-73)34-77(97-69,99-75)21-19-51-23-40(4)55(87-51)15-11-47-9-7-38(2)59(85-47)32-61(53)91-62/h41,44-75,78,81-82H,1-4,6-36H2,5H3/t41-,44+,45+,46?,47?,48-,49-,50+,51+,52?,53+,54+,55+,56+,57+,58-,59-,60+,61?,62?,63-,64-,65-,66+,67+,68+,69+,70+,71+,72?,73?,74+,75+,76+,77+/m1/s1. The molecule has 0 aliphatic carbocycles. The first-order chi connectivity index (χ1) is 48.0. The molecule has 7 unspecified atom stereocenters. The number of ether oxygens (including phenoxy) is 17. The Labute approximate surface area is 582 Å². The average molecular weight is 1380 g/mol. The molecule has 22 nitrogen and oxygen atoms in total. The maximum absolute atomic E-state index is 14.7. The van der Waals surface area contributed by atoms with Crippen LogP contribution in [0, 0.1) is 11.8 Å². The fraction of sp³-hybridized carbons (Fsp3) is 0.870. The van der Waals surface area contributed by atoms with Crippen LogP contribution in [0.25, 0.3) is 0 Å². The second-order valence-electron chi connectivity index (χ2n) is 33.7. The van der Waals surface area contributed by atoms with Gasteiger partial charge in [-0.05, 0) is 137 Å². The van der Waals surface area contributed by atoms with E-state index in [0.717, 1.165) is 112 Å². The van der Waals surface area contributed by atoms with Crippen molar-refractivity contribution in [2.45, 2.75) is 387 Å². The van der Waals surface area contributed by atoms with Gasteiger partial charge in [-0.15, -0.1) is 0 Å². The summed E-state index contributed by atoms with van der Waals surface area (Å²) < 4.78 is 116. The molecule has 20 aliphatic heterocycles. The van der Waals surface area contributed by atoms with E-state index in [4.69, 9.17) is 80.5 Å². The number of hydrogen-bond acceptors (Lipinski definition) is 22. The minimum absolute atomic E-state index is 0.00707. The molecule has 0 saturated carbocycles. The van der Waals surface area contributed by atoms with E-state index < -0.39 is 48.2 Å². The minimum atomic E-state index is -0.872. The molecule has 20 fully saturated rings. The van der Waals surface area contributed by atoms with Crippen LogP contribution in [0.3, 0.4) is 0 Å². The van der Waals surface area contributed by atoms with Crippen molar-refractivity contribution in [3.8, 4) is 0 Å². The molecule has 0 amide bonds. The maximum Gasteiger partial charge on any atom is 0.172 e. The van der Waals surface area contributed by atoms with Gasteiger partial charge >= 0.3 is 0 Å². The Bertz CT molecular complexity index is 3040. The zero-order valence-electron chi connectivity index (χ0n) is 58.0. The highest BCUT2D eigenvalue weighted by molar-refractivity contribution is 5.79. The Hall–Kier alpha value is -2.50. The second kappa shape index (κ2) is 27.7. The van der Waals surface area contributed by atoms with Crippen LogP contribution >= 0.6 is 0 Å². The van der Waals surface area contributed by atoms with Crippen molar-refractivity contribution in [3.05, 3.63) is 48.6 Å². The third-order valence-electron chi connectivity index (χ3n) is 27.0. The summed E-state index contributed by atoms with van der Waals surface area (Å²) in [5.74, 6) is -1.90. The number of rotatable bonds is 9. The number of hydrogen-bond donors (Lipinski definition) is 3. The highest BCUT2D eigenvalue weighted by Gasteiger charge is 2.71. The van der Waals surface area contributed by atoms with Crippen LogP contribution in [-0.2, 0) is 90.1 Å². The van der Waals surface area contributed by atoms with Crippen molar-refractivity contribution in [3.63, 3.8) is 0 Å². The molecule has 20 saturated heterocycles. The highest BCUT2D eigenvalue weighted by atomic mass is 16.8. The first kappa shape index (κ1) is 68.3. The number of Topliss-reactive ketones (excluding diaryl/α,β-unsaturated/α-hetero) is 2. The molecule has 3 N–H and O–H groups in total. The fourth-order valence-electron chi connectivity index (χ4n) is 22.1. The first-order valence-electron chi connectivity index (χ1n) is 38.9. The summed E-state index contributed by atoms with van der Waals surface area (Å²) in [4.78, 5) is 29.1. The van der Waals surface area contributed by atoms with Crippen LogP contribution in [0.1, 0.15) is 186 Å². The Morgan fingerprint density at radius 1 is 0.424 bits per heavy atom. The van der Waals surface area contributed by atoms with Crippen molar-refractivity contribution < 1.29 is 100 Å². The van der Waals surface area contributed by atoms with Crippen molar-refractivity contribution in [1.29, 1.82) is 0 Å². The molecule has 20 rings (SSSR count). The number of carbonyl (C=O) groups excluding carboxylic acids is 2. The van der Waals surface area contributed by atoms with Crippen LogP contribution in [-0.4, -0.2) is 243 Å². The van der Waals surface area contributed by atoms with E-state index in [1.165, 1.54) is 0 Å². The van der Waals surface area contributed by atoms with Gasteiger partial charge in [0, 0.05) is 103 Å². The molecule has 99 heavy (non-hydrogen) atoms. The van der Waals surface area contributed by atoms with Crippen molar-refractivity contribution in [2.75, 3.05) is 20.2 Å². The van der Waals surface area contributed by atoms with Gasteiger partial charge in [-0.2, -0.15) is 0 Å². The Morgan fingerprint density at radius 3 is 1.45 bits per heavy atom. The van der Waals surface area contributed by atoms with Gasteiger partial charge in [0.15, 0.2) is 11.6 Å². The number of nitrogens with one attached hydrogen (secondary N) is 1. The zero-order valence-corrected chi connectivity index (χ0v) is 58.0. The molecular weight excluding hydrogens is 1270 g/mol. The highest BCUT2D eigenvalue weighted by Crippen LogP contribution is 2.57. The molecule has 2 spiro atoms. The van der Waals surface area contributed by atoms with Crippen molar-refractivity contribution >= 4 is 11.6 Å². The molecule has 20 aliphatic rings. The molecule has 0 radical (unpaired) electrons. The molecule has 0 aromatic heterocycles. The summed E-state index contributed by atoms with van der Waals surface area (Å²) in [5, 5.41) is 27.0. The zero-order chi connectivity index (χ0) is 67.2. The summed E-state index contributed by atoms with van der Waals surface area (Å²) in [6, 6.07) is 0. The van der Waals surface area contributed by atoms with Gasteiger partial charge in [-0.25, -0.2) is 0 Å². The van der Waals surface area contributed by atoms with E-state index in [2.05, 4.69) is 31.6 Å². The van der Waals surface area contributed by atoms with Gasteiger partial charge in [0.05, 0.1) is 128 Å². The van der Waals surface area contributed by atoms with Crippen molar-refractivity contribution in [1.82, 2.24) is 5.32 Å². The smallest absolute Gasteiger partial charge is 0.172 e. The third-order valence-corrected chi connectivity index (χ3v) is 27.0. The maximum atomic E-state index is 14.7. The number of ketones is 2. The molecule has 0 aromatic rings. The normalized spacial score (nSPS) is 52.3. The van der Waals surface area contributed by atoms with E-state index in [9.17, 15) is 19.8 Å². The topological polar surface area (TPSA) is 244 Å². The molecule has 22 heteroatoms. The van der Waals surface area contributed by atoms with Gasteiger partial charge < -0.3 is 96.1 Å². The Morgan fingerprint density at radius 2 is 0.899 bits per heavy atom. The number of methoxy groups -OCH3 is 1. The van der Waals surface area contributed by atoms with Crippen LogP contribution in [0.2, 0.25) is 0 Å². The number of carbonyl (C=O) groups is 2. The molecule has 24 bridgehead atoms. The van der Waals surface area contributed by atoms with E-state index in [1.807, 2.05) is 0 Å². The average Bonchev–Trinajstić information content (AvgIpc) is 1.56. The number of aliphatic hydroxyl groups is 2. The molecule has 35 atom stereocenters. The van der Waals surface area contributed by atoms with Gasteiger partial charge in [0.2, 0.25) is 0 Å². The quantitative estimate of drug-likeness (QED) is 0.190. The minimum Gasteiger partial charge on any atom is -0.392 e. The lowest BCUT2D eigenvalue weighted by Crippen LogP contribution is -2.61. The van der Waals surface area contributed by atoms with Gasteiger partial charge in [0.1, 0.15) is 72.6 Å². The van der Waals surface area contributed by atoms with Gasteiger partial charge in [0.25, 0.3) is 0 Å². The van der Waals surface area contributed by atoms with Gasteiger partial charge in [-0.1, -0.05) is 26.3 Å². The predicted octanol–water partition coefficient (Wildman–Crippen LogP) is 7.44. The monoisotopic (exact) mass is 1380 g/mol. The predicted molar refractivity (Wildman–Crippen MR) is 352 cm³/mol. The SMILES string of the molecule is C=C1C[C@@H]2CC[C@@]34C[C@H]5OC6[C@@H](O[C@H]7CC[C@H](CC(=O)C[C@@H]8CC(C[C@H](O)CNC[C@@H](O)CC9OC%10C[C@H]%11OC(CCC%11=C)CC[C@@H]%11O[C@@H](CC[C@@]%12%13C[C@H]%14OC%15[C@@H](O[C@H]%16CC[C@H](CC(=O)C[C@@H]%10[C@H]9OC)O[C@@H]%16[C@@H]%15O%12)[C@H]%14O%13)CC%11=C)O[C@H]8C[C@H]8OC(CCC8=C)CC[C@@H]1O2)O[C@@H]7[C@@H]6O3)[C@H]5O4. The largest absolute Gasteiger partial charge is 0.392 e. The van der Waals surface area contributed by atoms with E-state index in [0.29, 0.717) is 70.6 Å².